The number of carbonyl (C=O) groups is 1. The van der Waals surface area contributed by atoms with Crippen molar-refractivity contribution in [3.8, 4) is 11.5 Å². The first kappa shape index (κ1) is 23.3. The van der Waals surface area contributed by atoms with E-state index in [2.05, 4.69) is 53.4 Å². The molecule has 1 saturated carbocycles. The van der Waals surface area contributed by atoms with Gasteiger partial charge in [-0.15, -0.1) is 0 Å². The van der Waals surface area contributed by atoms with Gasteiger partial charge in [-0.3, -0.25) is 9.69 Å². The predicted octanol–water partition coefficient (Wildman–Crippen LogP) is 4.11. The summed E-state index contributed by atoms with van der Waals surface area (Å²) in [6.45, 7) is 2.18. The maximum absolute atomic E-state index is 14.4. The number of ether oxygens (including phenoxy) is 3. The first-order valence-corrected chi connectivity index (χ1v) is 14.5. The second-order valence-corrected chi connectivity index (χ2v) is 12.4. The van der Waals surface area contributed by atoms with Gasteiger partial charge in [0.15, 0.2) is 24.0 Å². The molecule has 2 aliphatic carbocycles. The first-order chi connectivity index (χ1) is 19.6. The summed E-state index contributed by atoms with van der Waals surface area (Å²) >= 11 is 0. The Morgan fingerprint density at radius 2 is 1.65 bits per heavy atom. The second-order valence-electron chi connectivity index (χ2n) is 12.4. The number of nitrogens with zero attached hydrogens (tertiary/aromatic N) is 2. The third kappa shape index (κ3) is 2.64. The number of piperidine rings is 1. The van der Waals surface area contributed by atoms with E-state index >= 15 is 0 Å². The van der Waals surface area contributed by atoms with Crippen LogP contribution in [0.2, 0.25) is 0 Å². The van der Waals surface area contributed by atoms with E-state index in [4.69, 9.17) is 14.2 Å². The molecular weight excluding hydrogens is 504 g/mol. The summed E-state index contributed by atoms with van der Waals surface area (Å²) in [7, 11) is 0. The third-order valence-electron chi connectivity index (χ3n) is 11.0. The van der Waals surface area contributed by atoms with Crippen molar-refractivity contribution in [1.29, 1.82) is 0 Å². The quantitative estimate of drug-likeness (QED) is 0.541. The van der Waals surface area contributed by atoms with Crippen LogP contribution in [0.15, 0.2) is 72.8 Å². The maximum atomic E-state index is 14.4. The van der Waals surface area contributed by atoms with Crippen molar-refractivity contribution in [1.82, 2.24) is 9.80 Å². The van der Waals surface area contributed by atoms with Crippen LogP contribution in [-0.2, 0) is 39.2 Å². The highest BCUT2D eigenvalue weighted by Gasteiger charge is 2.84. The van der Waals surface area contributed by atoms with Crippen LogP contribution in [0.25, 0.3) is 0 Å². The molecular formula is C33H32N2O5. The lowest BCUT2D eigenvalue weighted by atomic mass is 9.45. The van der Waals surface area contributed by atoms with Gasteiger partial charge in [-0.2, -0.15) is 0 Å². The number of aromatic hydroxyl groups is 1. The molecule has 5 unspecified atom stereocenters. The number of rotatable bonds is 4. The fourth-order valence-corrected chi connectivity index (χ4v) is 9.69. The minimum Gasteiger partial charge on any atom is -0.504 e. The van der Waals surface area contributed by atoms with Gasteiger partial charge in [0.05, 0.1) is 11.5 Å². The maximum Gasteiger partial charge on any atom is 0.254 e. The highest BCUT2D eigenvalue weighted by atomic mass is 16.7. The summed E-state index contributed by atoms with van der Waals surface area (Å²) in [5.74, 6) is 0.500. The number of hydrogen-bond donors (Lipinski definition) is 1. The molecule has 40 heavy (non-hydrogen) atoms. The van der Waals surface area contributed by atoms with E-state index in [-0.39, 0.29) is 30.4 Å². The molecule has 7 nitrogen and oxygen atoms in total. The number of phenols is 1. The van der Waals surface area contributed by atoms with Crippen molar-refractivity contribution < 1.29 is 24.1 Å². The molecule has 0 aromatic heterocycles. The molecule has 6 aliphatic rings. The molecule has 1 spiro atoms. The normalized spacial score (nSPS) is 36.6. The van der Waals surface area contributed by atoms with Gasteiger partial charge in [0.1, 0.15) is 6.10 Å². The summed E-state index contributed by atoms with van der Waals surface area (Å²) in [6, 6.07) is 24.7. The predicted molar refractivity (Wildman–Crippen MR) is 145 cm³/mol. The Morgan fingerprint density at radius 3 is 2.42 bits per heavy atom. The smallest absolute Gasteiger partial charge is 0.254 e. The number of benzene rings is 3. The zero-order valence-corrected chi connectivity index (χ0v) is 22.3. The summed E-state index contributed by atoms with van der Waals surface area (Å²) in [5, 5.41) is 11.1. The van der Waals surface area contributed by atoms with E-state index in [0.29, 0.717) is 18.7 Å². The second kappa shape index (κ2) is 7.87. The Morgan fingerprint density at radius 1 is 0.900 bits per heavy atom. The lowest BCUT2D eigenvalue weighted by Crippen LogP contribution is -2.76. The molecule has 1 N–H and O–H groups in total. The molecule has 4 aliphatic heterocycles. The van der Waals surface area contributed by atoms with Crippen LogP contribution < -0.4 is 4.74 Å². The van der Waals surface area contributed by atoms with Gasteiger partial charge in [-0.05, 0) is 55.0 Å². The molecule has 9 rings (SSSR count). The van der Waals surface area contributed by atoms with Crippen molar-refractivity contribution in [2.75, 3.05) is 13.3 Å². The zero-order valence-electron chi connectivity index (χ0n) is 22.3. The standard InChI is InChI=1S/C33H32N2O5/c36-24-12-11-23-17-25-32-13-14-33-29(28(40-32)30(37)35(33)19-22-9-5-2-6-10-22)31(32,26(23)27(24)38-20-39-33)15-16-34(25)18-21-7-3-1-4-8-21/h1-12,25,28-29,36H,13-20H2/t25?,28-,29?,31?,32?,33?/m0/s1. The Bertz CT molecular complexity index is 1530. The van der Waals surface area contributed by atoms with Crippen molar-refractivity contribution in [2.45, 2.75) is 67.7 Å². The SMILES string of the molecule is O=C1[C@H]2OC34CCC5(OCOc6c(O)ccc7c6C3(CCN(Cc3ccccc3)C4C7)C25)N1Cc1ccccc1. The highest BCUT2D eigenvalue weighted by Crippen LogP contribution is 2.74. The van der Waals surface area contributed by atoms with Crippen LogP contribution in [0.3, 0.4) is 0 Å². The van der Waals surface area contributed by atoms with Crippen LogP contribution >= 0.6 is 0 Å². The number of phenolic OH excluding ortho intramolecular Hbond substituents is 1. The summed E-state index contributed by atoms with van der Waals surface area (Å²) in [5.41, 5.74) is 2.76. The Hall–Kier alpha value is -3.39. The van der Waals surface area contributed by atoms with Gasteiger partial charge in [0, 0.05) is 30.1 Å². The van der Waals surface area contributed by atoms with E-state index < -0.39 is 22.8 Å². The van der Waals surface area contributed by atoms with Gasteiger partial charge in [-0.1, -0.05) is 66.7 Å². The topological polar surface area (TPSA) is 71.5 Å². The van der Waals surface area contributed by atoms with Crippen molar-refractivity contribution >= 4 is 5.91 Å². The Labute approximate surface area is 233 Å². The molecule has 6 atom stereocenters. The van der Waals surface area contributed by atoms with Crippen molar-refractivity contribution in [2.24, 2.45) is 5.92 Å². The van der Waals surface area contributed by atoms with Gasteiger partial charge < -0.3 is 24.2 Å². The molecule has 5 bridgehead atoms. The summed E-state index contributed by atoms with van der Waals surface area (Å²) in [6.07, 6.45) is 2.54. The molecule has 3 aromatic rings. The van der Waals surface area contributed by atoms with E-state index in [1.807, 2.05) is 23.1 Å². The Kier molecular flexibility index (Phi) is 4.59. The number of amides is 1. The molecule has 4 heterocycles. The minimum absolute atomic E-state index is 0.0154. The first-order valence-electron chi connectivity index (χ1n) is 14.5. The van der Waals surface area contributed by atoms with Gasteiger partial charge in [-0.25, -0.2) is 0 Å². The molecule has 7 heteroatoms. The van der Waals surface area contributed by atoms with Crippen LogP contribution in [0.5, 0.6) is 11.5 Å². The third-order valence-corrected chi connectivity index (χ3v) is 11.0. The minimum atomic E-state index is -0.818. The van der Waals surface area contributed by atoms with E-state index in [1.165, 1.54) is 11.1 Å². The lowest BCUT2D eigenvalue weighted by molar-refractivity contribution is -0.260. The number of hydrogen-bond acceptors (Lipinski definition) is 6. The monoisotopic (exact) mass is 536 g/mol. The van der Waals surface area contributed by atoms with Gasteiger partial charge >= 0.3 is 0 Å². The average molecular weight is 537 g/mol. The number of likely N-dealkylation sites (tertiary alicyclic amines) is 2. The zero-order chi connectivity index (χ0) is 26.7. The fourth-order valence-electron chi connectivity index (χ4n) is 9.69. The summed E-state index contributed by atoms with van der Waals surface area (Å²) < 4.78 is 20.2. The van der Waals surface area contributed by atoms with Gasteiger partial charge in [0.25, 0.3) is 5.91 Å². The fraction of sp³-hybridized carbons (Fsp3) is 0.424. The van der Waals surface area contributed by atoms with Crippen molar-refractivity contribution in [3.05, 3.63) is 95.1 Å². The molecule has 3 saturated heterocycles. The molecule has 0 radical (unpaired) electrons. The largest absolute Gasteiger partial charge is 0.504 e. The Balaban J connectivity index is 1.24. The number of carbonyl (C=O) groups excluding carboxylic acids is 1. The van der Waals surface area contributed by atoms with Gasteiger partial charge in [0.2, 0.25) is 0 Å². The van der Waals surface area contributed by atoms with Crippen LogP contribution in [0, 0.1) is 5.92 Å². The average Bonchev–Trinajstić information content (AvgIpc) is 3.34. The molecule has 204 valence electrons. The highest BCUT2D eigenvalue weighted by molar-refractivity contribution is 5.87. The van der Waals surface area contributed by atoms with Crippen molar-refractivity contribution in [3.63, 3.8) is 0 Å². The van der Waals surface area contributed by atoms with Crippen LogP contribution in [0.4, 0.5) is 0 Å². The van der Waals surface area contributed by atoms with Crippen LogP contribution in [0.1, 0.15) is 41.5 Å². The van der Waals surface area contributed by atoms with E-state index in [9.17, 15) is 9.90 Å². The molecule has 1 amide bonds. The lowest BCUT2D eigenvalue weighted by Gasteiger charge is -2.67. The molecule has 3 aromatic carbocycles. The summed E-state index contributed by atoms with van der Waals surface area (Å²) in [4.78, 5) is 18.9. The molecule has 4 fully saturated rings. The van der Waals surface area contributed by atoms with E-state index in [0.717, 1.165) is 43.5 Å². The van der Waals surface area contributed by atoms with Crippen LogP contribution in [-0.4, -0.2) is 57.6 Å². The van der Waals surface area contributed by atoms with E-state index in [1.54, 1.807) is 6.07 Å².